The first-order chi connectivity index (χ1) is 9.90. The summed E-state index contributed by atoms with van der Waals surface area (Å²) in [6.07, 6.45) is 2.64. The van der Waals surface area contributed by atoms with Gasteiger partial charge in [-0.25, -0.2) is 9.97 Å². The van der Waals surface area contributed by atoms with E-state index in [0.717, 1.165) is 23.4 Å². The van der Waals surface area contributed by atoms with Gasteiger partial charge in [-0.3, -0.25) is 4.79 Å². The Labute approximate surface area is 125 Å². The number of imidazole rings is 1. The fraction of sp³-hybridized carbons (Fsp3) is 0.562. The van der Waals surface area contributed by atoms with Crippen LogP contribution in [0.15, 0.2) is 18.3 Å². The molecule has 0 saturated carbocycles. The molecule has 2 rings (SSSR count). The van der Waals surface area contributed by atoms with Crippen LogP contribution < -0.4 is 5.32 Å². The van der Waals surface area contributed by atoms with E-state index in [-0.39, 0.29) is 18.0 Å². The van der Waals surface area contributed by atoms with Crippen molar-refractivity contribution in [1.29, 1.82) is 0 Å². The Morgan fingerprint density at radius 1 is 1.33 bits per heavy atom. The molecule has 0 aliphatic rings. The average Bonchev–Trinajstić information content (AvgIpc) is 2.75. The number of aromatic nitrogens is 3. The van der Waals surface area contributed by atoms with E-state index >= 15 is 0 Å². The fourth-order valence-corrected chi connectivity index (χ4v) is 2.65. The van der Waals surface area contributed by atoms with Crippen LogP contribution in [0.25, 0.3) is 11.2 Å². The van der Waals surface area contributed by atoms with Gasteiger partial charge in [0, 0.05) is 19.2 Å². The van der Waals surface area contributed by atoms with Crippen molar-refractivity contribution in [1.82, 2.24) is 19.9 Å². The molecule has 0 spiro atoms. The van der Waals surface area contributed by atoms with Crippen molar-refractivity contribution in [2.24, 2.45) is 5.92 Å². The molecule has 114 valence electrons. The van der Waals surface area contributed by atoms with E-state index in [2.05, 4.69) is 42.6 Å². The van der Waals surface area contributed by atoms with Crippen LogP contribution in [0.2, 0.25) is 0 Å². The van der Waals surface area contributed by atoms with E-state index < -0.39 is 0 Å². The molecule has 0 unspecified atom stereocenters. The quantitative estimate of drug-likeness (QED) is 0.918. The molecule has 0 aliphatic carbocycles. The van der Waals surface area contributed by atoms with Gasteiger partial charge < -0.3 is 9.88 Å². The zero-order valence-electron chi connectivity index (χ0n) is 13.4. The number of nitrogens with zero attached hydrogens (tertiary/aromatic N) is 3. The van der Waals surface area contributed by atoms with Crippen LogP contribution in [0.5, 0.6) is 0 Å². The molecule has 0 aliphatic heterocycles. The van der Waals surface area contributed by atoms with E-state index in [0.29, 0.717) is 5.92 Å². The van der Waals surface area contributed by atoms with Crippen molar-refractivity contribution >= 4 is 17.1 Å². The van der Waals surface area contributed by atoms with Crippen LogP contribution >= 0.6 is 0 Å². The summed E-state index contributed by atoms with van der Waals surface area (Å²) >= 11 is 0. The predicted molar refractivity (Wildman–Crippen MR) is 83.9 cm³/mol. The minimum Gasteiger partial charge on any atom is -0.346 e. The van der Waals surface area contributed by atoms with Gasteiger partial charge in [0.05, 0.1) is 6.04 Å². The van der Waals surface area contributed by atoms with Crippen molar-refractivity contribution in [3.63, 3.8) is 0 Å². The van der Waals surface area contributed by atoms with Crippen LogP contribution in [-0.4, -0.2) is 20.4 Å². The van der Waals surface area contributed by atoms with Gasteiger partial charge in [-0.1, -0.05) is 13.8 Å². The predicted octanol–water partition coefficient (Wildman–Crippen LogP) is 3.24. The Morgan fingerprint density at radius 3 is 2.62 bits per heavy atom. The molecule has 21 heavy (non-hydrogen) atoms. The monoisotopic (exact) mass is 288 g/mol. The number of fused-ring (bicyclic) bond motifs is 1. The highest BCUT2D eigenvalue weighted by Crippen LogP contribution is 2.27. The highest BCUT2D eigenvalue weighted by atomic mass is 16.1. The van der Waals surface area contributed by atoms with E-state index in [1.807, 2.05) is 12.1 Å². The standard InChI is InChI=1S/C16H24N4O/c1-10(2)9-14(18-12(5)21)16-19-13-7-6-8-17-15(13)20(16)11(3)4/h6-8,10-11,14H,9H2,1-5H3,(H,18,21)/t14-/m0/s1. The third-order valence-corrected chi connectivity index (χ3v) is 3.39. The number of carbonyl (C=O) groups excluding carboxylic acids is 1. The van der Waals surface area contributed by atoms with E-state index in [1.54, 1.807) is 13.1 Å². The van der Waals surface area contributed by atoms with Crippen molar-refractivity contribution in [3.05, 3.63) is 24.2 Å². The van der Waals surface area contributed by atoms with Crippen molar-refractivity contribution in [3.8, 4) is 0 Å². The van der Waals surface area contributed by atoms with Gasteiger partial charge in [0.2, 0.25) is 5.91 Å². The molecule has 0 fully saturated rings. The van der Waals surface area contributed by atoms with Crippen LogP contribution in [-0.2, 0) is 4.79 Å². The third-order valence-electron chi connectivity index (χ3n) is 3.39. The maximum atomic E-state index is 11.5. The molecule has 1 atom stereocenters. The number of carbonyl (C=O) groups is 1. The maximum Gasteiger partial charge on any atom is 0.217 e. The Bertz CT molecular complexity index is 630. The zero-order valence-corrected chi connectivity index (χ0v) is 13.4. The molecule has 0 bridgehead atoms. The molecule has 2 aromatic heterocycles. The number of hydrogen-bond acceptors (Lipinski definition) is 3. The normalized spacial score (nSPS) is 13.1. The number of rotatable bonds is 5. The summed E-state index contributed by atoms with van der Waals surface area (Å²) in [7, 11) is 0. The highest BCUT2D eigenvalue weighted by Gasteiger charge is 2.23. The first-order valence-electron chi connectivity index (χ1n) is 7.50. The van der Waals surface area contributed by atoms with Gasteiger partial charge in [-0.05, 0) is 38.3 Å². The third kappa shape index (κ3) is 3.40. The van der Waals surface area contributed by atoms with E-state index in [4.69, 9.17) is 4.98 Å². The molecule has 5 heteroatoms. The first-order valence-corrected chi connectivity index (χ1v) is 7.50. The SMILES string of the molecule is CC(=O)N[C@@H](CC(C)C)c1nc2cccnc2n1C(C)C. The number of amides is 1. The average molecular weight is 288 g/mol. The summed E-state index contributed by atoms with van der Waals surface area (Å²) < 4.78 is 2.12. The second kappa shape index (κ2) is 6.24. The molecule has 0 radical (unpaired) electrons. The molecular weight excluding hydrogens is 264 g/mol. The summed E-state index contributed by atoms with van der Waals surface area (Å²) in [5, 5.41) is 3.03. The molecule has 2 aromatic rings. The maximum absolute atomic E-state index is 11.5. The summed E-state index contributed by atoms with van der Waals surface area (Å²) in [6.45, 7) is 10.1. The summed E-state index contributed by atoms with van der Waals surface area (Å²) in [5.41, 5.74) is 1.75. The smallest absolute Gasteiger partial charge is 0.217 e. The van der Waals surface area contributed by atoms with Crippen molar-refractivity contribution in [2.45, 2.75) is 53.1 Å². The Morgan fingerprint density at radius 2 is 2.05 bits per heavy atom. The highest BCUT2D eigenvalue weighted by molar-refractivity contribution is 5.74. The van der Waals surface area contributed by atoms with E-state index in [1.165, 1.54) is 0 Å². The lowest BCUT2D eigenvalue weighted by Gasteiger charge is -2.22. The summed E-state index contributed by atoms with van der Waals surface area (Å²) in [4.78, 5) is 20.7. The number of hydrogen-bond donors (Lipinski definition) is 1. The Balaban J connectivity index is 2.55. The summed E-state index contributed by atoms with van der Waals surface area (Å²) in [6, 6.07) is 4.01. The second-order valence-electron chi connectivity index (χ2n) is 6.16. The number of nitrogens with one attached hydrogen (secondary N) is 1. The molecule has 0 aromatic carbocycles. The molecule has 1 N–H and O–H groups in total. The zero-order chi connectivity index (χ0) is 15.6. The van der Waals surface area contributed by atoms with Gasteiger partial charge in [0.1, 0.15) is 11.3 Å². The largest absolute Gasteiger partial charge is 0.346 e. The van der Waals surface area contributed by atoms with Crippen LogP contribution in [0.4, 0.5) is 0 Å². The minimum absolute atomic E-state index is 0.0315. The Hall–Kier alpha value is -1.91. The molecule has 1 amide bonds. The molecule has 2 heterocycles. The van der Waals surface area contributed by atoms with Gasteiger partial charge in [-0.15, -0.1) is 0 Å². The topological polar surface area (TPSA) is 59.8 Å². The van der Waals surface area contributed by atoms with Crippen LogP contribution in [0, 0.1) is 5.92 Å². The lowest BCUT2D eigenvalue weighted by molar-refractivity contribution is -0.119. The van der Waals surface area contributed by atoms with Gasteiger partial charge in [-0.2, -0.15) is 0 Å². The molecule has 5 nitrogen and oxygen atoms in total. The molecule has 0 saturated heterocycles. The van der Waals surface area contributed by atoms with Crippen LogP contribution in [0.1, 0.15) is 58.9 Å². The first kappa shape index (κ1) is 15.5. The minimum atomic E-state index is -0.0842. The molecular formula is C16H24N4O. The van der Waals surface area contributed by atoms with Crippen LogP contribution in [0.3, 0.4) is 0 Å². The lowest BCUT2D eigenvalue weighted by atomic mass is 10.0. The van der Waals surface area contributed by atoms with Crippen molar-refractivity contribution < 1.29 is 4.79 Å². The number of pyridine rings is 1. The second-order valence-corrected chi connectivity index (χ2v) is 6.16. The van der Waals surface area contributed by atoms with Gasteiger partial charge in [0.15, 0.2) is 5.65 Å². The summed E-state index contributed by atoms with van der Waals surface area (Å²) in [5.74, 6) is 1.33. The van der Waals surface area contributed by atoms with Gasteiger partial charge >= 0.3 is 0 Å². The van der Waals surface area contributed by atoms with Gasteiger partial charge in [0.25, 0.3) is 0 Å². The fourth-order valence-electron chi connectivity index (χ4n) is 2.65. The Kier molecular flexibility index (Phi) is 4.60. The lowest BCUT2D eigenvalue weighted by Crippen LogP contribution is -2.30. The van der Waals surface area contributed by atoms with E-state index in [9.17, 15) is 4.79 Å². The van der Waals surface area contributed by atoms with Crippen molar-refractivity contribution in [2.75, 3.05) is 0 Å².